The van der Waals surface area contributed by atoms with Gasteiger partial charge in [-0.25, -0.2) is 0 Å². The first kappa shape index (κ1) is 14.1. The largest absolute Gasteiger partial charge is 0.435 e. The van der Waals surface area contributed by atoms with E-state index in [1.54, 1.807) is 0 Å². The van der Waals surface area contributed by atoms with Crippen LogP contribution >= 0.6 is 15.9 Å². The molecule has 1 unspecified atom stereocenters. The van der Waals surface area contributed by atoms with Crippen LogP contribution < -0.4 is 4.74 Å². The van der Waals surface area contributed by atoms with Crippen LogP contribution in [0.25, 0.3) is 0 Å². The summed E-state index contributed by atoms with van der Waals surface area (Å²) >= 11 is 3.30. The molecule has 0 aliphatic carbocycles. The van der Waals surface area contributed by atoms with Crippen LogP contribution in [0.5, 0.6) is 5.75 Å². The summed E-state index contributed by atoms with van der Waals surface area (Å²) in [6, 6.07) is 5.69. The molecule has 0 aliphatic heterocycles. The average Bonchev–Trinajstić information content (AvgIpc) is 2.27. The number of carbonyl (C=O) groups excluding carboxylic acids is 1. The van der Waals surface area contributed by atoms with E-state index in [4.69, 9.17) is 0 Å². The predicted molar refractivity (Wildman–Crippen MR) is 65.0 cm³/mol. The van der Waals surface area contributed by atoms with Crippen molar-refractivity contribution < 1.29 is 18.3 Å². The highest BCUT2D eigenvalue weighted by Gasteiger charge is 2.20. The van der Waals surface area contributed by atoms with Crippen LogP contribution in [0.15, 0.2) is 24.3 Å². The van der Waals surface area contributed by atoms with Crippen LogP contribution in [0.3, 0.4) is 0 Å². The number of halogens is 3. The van der Waals surface area contributed by atoms with Crippen molar-refractivity contribution in [2.24, 2.45) is 5.92 Å². The highest BCUT2D eigenvalue weighted by Crippen LogP contribution is 2.20. The van der Waals surface area contributed by atoms with Crippen LogP contribution in [-0.4, -0.2) is 17.2 Å². The van der Waals surface area contributed by atoms with Gasteiger partial charge in [0.2, 0.25) is 0 Å². The van der Waals surface area contributed by atoms with E-state index in [1.807, 2.05) is 13.8 Å². The smallest absolute Gasteiger partial charge is 0.387 e. The molecule has 0 radical (unpaired) electrons. The van der Waals surface area contributed by atoms with Gasteiger partial charge in [-0.05, 0) is 30.2 Å². The quantitative estimate of drug-likeness (QED) is 0.609. The van der Waals surface area contributed by atoms with Gasteiger partial charge in [0.1, 0.15) is 5.75 Å². The second kappa shape index (κ2) is 6.10. The van der Waals surface area contributed by atoms with Gasteiger partial charge in [-0.1, -0.05) is 29.8 Å². The lowest BCUT2D eigenvalue weighted by Gasteiger charge is -2.12. The van der Waals surface area contributed by atoms with Crippen LogP contribution in [0.4, 0.5) is 8.78 Å². The second-order valence-corrected chi connectivity index (χ2v) is 4.90. The van der Waals surface area contributed by atoms with E-state index in [-0.39, 0.29) is 22.3 Å². The van der Waals surface area contributed by atoms with Crippen molar-refractivity contribution in [3.8, 4) is 5.75 Å². The van der Waals surface area contributed by atoms with Crippen molar-refractivity contribution in [3.63, 3.8) is 0 Å². The minimum Gasteiger partial charge on any atom is -0.435 e. The fourth-order valence-corrected chi connectivity index (χ4v) is 1.53. The molecule has 0 aliphatic rings. The van der Waals surface area contributed by atoms with Gasteiger partial charge >= 0.3 is 6.61 Å². The van der Waals surface area contributed by atoms with Crippen molar-refractivity contribution in [2.75, 3.05) is 0 Å². The molecular weight excluding hydrogens is 294 g/mol. The Morgan fingerprint density at radius 1 is 1.24 bits per heavy atom. The zero-order chi connectivity index (χ0) is 13.0. The molecule has 94 valence electrons. The number of hydrogen-bond donors (Lipinski definition) is 0. The highest BCUT2D eigenvalue weighted by atomic mass is 79.9. The Morgan fingerprint density at radius 2 is 1.76 bits per heavy atom. The Hall–Kier alpha value is -0.970. The van der Waals surface area contributed by atoms with Crippen molar-refractivity contribution in [3.05, 3.63) is 29.8 Å². The van der Waals surface area contributed by atoms with E-state index in [1.165, 1.54) is 24.3 Å². The molecule has 0 aromatic heterocycles. The highest BCUT2D eigenvalue weighted by molar-refractivity contribution is 9.10. The molecule has 0 heterocycles. The number of hydrogen-bond acceptors (Lipinski definition) is 2. The number of Topliss-reactive ketones (excluding diaryl/α,β-unsaturated/α-hetero) is 1. The van der Waals surface area contributed by atoms with Crippen molar-refractivity contribution in [2.45, 2.75) is 25.3 Å². The third kappa shape index (κ3) is 4.07. The molecule has 1 aromatic rings. The van der Waals surface area contributed by atoms with Crippen LogP contribution in [0.2, 0.25) is 0 Å². The topological polar surface area (TPSA) is 26.3 Å². The van der Waals surface area contributed by atoms with Gasteiger partial charge in [-0.15, -0.1) is 0 Å². The Balaban J connectivity index is 2.77. The lowest BCUT2D eigenvalue weighted by Crippen LogP contribution is -2.19. The van der Waals surface area contributed by atoms with Gasteiger partial charge in [-0.2, -0.15) is 8.78 Å². The molecule has 1 aromatic carbocycles. The van der Waals surface area contributed by atoms with Crippen molar-refractivity contribution in [1.82, 2.24) is 0 Å². The predicted octanol–water partition coefficient (Wildman–Crippen LogP) is 3.89. The molecule has 0 fully saturated rings. The summed E-state index contributed by atoms with van der Waals surface area (Å²) in [6.07, 6.45) is 0. The summed E-state index contributed by atoms with van der Waals surface area (Å²) in [6.45, 7) is 0.994. The van der Waals surface area contributed by atoms with Gasteiger partial charge in [-0.3, -0.25) is 4.79 Å². The molecule has 0 amide bonds. The van der Waals surface area contributed by atoms with E-state index in [0.717, 1.165) is 0 Å². The third-order valence-electron chi connectivity index (χ3n) is 2.20. The van der Waals surface area contributed by atoms with Crippen LogP contribution in [0, 0.1) is 5.92 Å². The molecule has 5 heteroatoms. The summed E-state index contributed by atoms with van der Waals surface area (Å²) in [5, 5.41) is 0. The van der Waals surface area contributed by atoms with Gasteiger partial charge in [0.15, 0.2) is 5.78 Å². The Bertz CT molecular complexity index is 377. The molecule has 0 saturated heterocycles. The molecule has 1 rings (SSSR count). The van der Waals surface area contributed by atoms with Gasteiger partial charge in [0, 0.05) is 5.56 Å². The number of ether oxygens (including phenoxy) is 1. The normalized spacial score (nSPS) is 12.9. The number of carbonyl (C=O) groups is 1. The number of rotatable bonds is 5. The summed E-state index contributed by atoms with van der Waals surface area (Å²) in [5.41, 5.74) is 0.474. The fourth-order valence-electron chi connectivity index (χ4n) is 1.26. The first-order valence-corrected chi connectivity index (χ1v) is 6.06. The summed E-state index contributed by atoms with van der Waals surface area (Å²) in [4.78, 5) is 11.6. The molecule has 0 spiro atoms. The summed E-state index contributed by atoms with van der Waals surface area (Å²) < 4.78 is 28.0. The maximum atomic E-state index is 11.9. The Labute approximate surface area is 107 Å². The first-order valence-electron chi connectivity index (χ1n) is 5.15. The maximum absolute atomic E-state index is 11.9. The molecule has 17 heavy (non-hydrogen) atoms. The zero-order valence-electron chi connectivity index (χ0n) is 9.49. The summed E-state index contributed by atoms with van der Waals surface area (Å²) in [7, 11) is 0. The van der Waals surface area contributed by atoms with E-state index >= 15 is 0 Å². The SMILES string of the molecule is CC(C)C(Br)C(=O)c1ccc(OC(F)F)cc1. The Morgan fingerprint density at radius 3 is 2.18 bits per heavy atom. The average molecular weight is 307 g/mol. The first-order chi connectivity index (χ1) is 7.91. The molecule has 0 saturated carbocycles. The standard InChI is InChI=1S/C12H13BrF2O2/c1-7(2)10(13)11(16)8-3-5-9(6-4-8)17-12(14)15/h3-7,10,12H,1-2H3. The number of alkyl halides is 3. The third-order valence-corrected chi connectivity index (χ3v) is 3.67. The van der Waals surface area contributed by atoms with E-state index < -0.39 is 6.61 Å². The lowest BCUT2D eigenvalue weighted by atomic mass is 10.0. The minimum absolute atomic E-state index is 0.0484. The molecule has 0 bridgehead atoms. The van der Waals surface area contributed by atoms with Crippen LogP contribution in [-0.2, 0) is 0 Å². The van der Waals surface area contributed by atoms with Gasteiger partial charge in [0.25, 0.3) is 0 Å². The van der Waals surface area contributed by atoms with Gasteiger partial charge < -0.3 is 4.74 Å². The lowest BCUT2D eigenvalue weighted by molar-refractivity contribution is -0.0498. The minimum atomic E-state index is -2.85. The maximum Gasteiger partial charge on any atom is 0.387 e. The Kier molecular flexibility index (Phi) is 5.05. The molecule has 1 atom stereocenters. The second-order valence-electron chi connectivity index (χ2n) is 3.91. The monoisotopic (exact) mass is 306 g/mol. The van der Waals surface area contributed by atoms with Crippen molar-refractivity contribution in [1.29, 1.82) is 0 Å². The van der Waals surface area contributed by atoms with Crippen molar-refractivity contribution >= 4 is 21.7 Å². The number of benzene rings is 1. The van der Waals surface area contributed by atoms with E-state index in [0.29, 0.717) is 5.56 Å². The molecular formula is C12H13BrF2O2. The van der Waals surface area contributed by atoms with E-state index in [2.05, 4.69) is 20.7 Å². The van der Waals surface area contributed by atoms with E-state index in [9.17, 15) is 13.6 Å². The molecule has 2 nitrogen and oxygen atoms in total. The van der Waals surface area contributed by atoms with Gasteiger partial charge in [0.05, 0.1) is 4.83 Å². The zero-order valence-corrected chi connectivity index (χ0v) is 11.1. The molecule has 0 N–H and O–H groups in total. The number of ketones is 1. The summed E-state index contributed by atoms with van der Waals surface area (Å²) in [5.74, 6) is 0.148. The fraction of sp³-hybridized carbons (Fsp3) is 0.417. The van der Waals surface area contributed by atoms with Crippen LogP contribution in [0.1, 0.15) is 24.2 Å².